The van der Waals surface area contributed by atoms with Crippen molar-refractivity contribution in [3.63, 3.8) is 0 Å². The molecule has 8 heteroatoms. The van der Waals surface area contributed by atoms with Crippen LogP contribution in [0.1, 0.15) is 12.5 Å². The van der Waals surface area contributed by atoms with Crippen molar-refractivity contribution in [3.05, 3.63) is 66.2 Å². The Labute approximate surface area is 176 Å². The molecule has 4 rings (SSSR count). The molecule has 1 aliphatic rings. The molecule has 1 N–H and O–H groups in total. The van der Waals surface area contributed by atoms with Crippen LogP contribution < -0.4 is 9.62 Å². The van der Waals surface area contributed by atoms with E-state index in [1.807, 2.05) is 43.3 Å². The number of nitrogens with zero attached hydrogens (tertiary/aromatic N) is 3. The van der Waals surface area contributed by atoms with Gasteiger partial charge in [-0.3, -0.25) is 4.72 Å². The second kappa shape index (κ2) is 8.81. The second-order valence-electron chi connectivity index (χ2n) is 7.06. The third-order valence-corrected chi connectivity index (χ3v) is 6.46. The van der Waals surface area contributed by atoms with E-state index in [1.54, 1.807) is 24.3 Å². The van der Waals surface area contributed by atoms with E-state index in [4.69, 9.17) is 4.74 Å². The lowest BCUT2D eigenvalue weighted by molar-refractivity contribution is 0.122. The van der Waals surface area contributed by atoms with Gasteiger partial charge in [-0.1, -0.05) is 31.2 Å². The summed E-state index contributed by atoms with van der Waals surface area (Å²) in [7, 11) is -3.63. The number of rotatable bonds is 6. The lowest BCUT2D eigenvalue weighted by atomic mass is 10.1. The van der Waals surface area contributed by atoms with Crippen LogP contribution >= 0.6 is 0 Å². The highest BCUT2D eigenvalue weighted by Crippen LogP contribution is 2.23. The minimum absolute atomic E-state index is 0.244. The van der Waals surface area contributed by atoms with Gasteiger partial charge in [0.25, 0.3) is 10.0 Å². The van der Waals surface area contributed by atoms with Crippen molar-refractivity contribution in [2.24, 2.45) is 0 Å². The third kappa shape index (κ3) is 4.60. The number of hydrogen-bond donors (Lipinski definition) is 1. The van der Waals surface area contributed by atoms with Crippen LogP contribution in [0.5, 0.6) is 0 Å². The summed E-state index contributed by atoms with van der Waals surface area (Å²) in [4.78, 5) is 2.39. The normalized spacial score (nSPS) is 14.5. The zero-order chi connectivity index (χ0) is 21.0. The molecule has 3 aromatic rings. The zero-order valence-corrected chi connectivity index (χ0v) is 17.6. The van der Waals surface area contributed by atoms with Gasteiger partial charge in [0.05, 0.1) is 23.8 Å². The Morgan fingerprint density at radius 1 is 0.933 bits per heavy atom. The Hall–Kier alpha value is -2.97. The second-order valence-corrected chi connectivity index (χ2v) is 8.74. The summed E-state index contributed by atoms with van der Waals surface area (Å²) in [5.74, 6) is 0.834. The number of nitrogens with one attached hydrogen (secondary N) is 1. The lowest BCUT2D eigenvalue weighted by Crippen LogP contribution is -2.36. The number of morpholine rings is 1. The maximum Gasteiger partial charge on any atom is 0.261 e. The fourth-order valence-corrected chi connectivity index (χ4v) is 4.33. The molecule has 2 heterocycles. The molecule has 1 saturated heterocycles. The van der Waals surface area contributed by atoms with Crippen LogP contribution in [-0.2, 0) is 21.2 Å². The molecular weight excluding hydrogens is 400 g/mol. The number of aryl methyl sites for hydroxylation is 1. The molecule has 2 aromatic carbocycles. The van der Waals surface area contributed by atoms with Gasteiger partial charge in [-0.2, -0.15) is 0 Å². The van der Waals surface area contributed by atoms with Gasteiger partial charge in [-0.05, 0) is 48.4 Å². The molecule has 0 spiro atoms. The topological polar surface area (TPSA) is 84.4 Å². The van der Waals surface area contributed by atoms with Gasteiger partial charge < -0.3 is 9.64 Å². The van der Waals surface area contributed by atoms with Crippen LogP contribution in [0, 0.1) is 0 Å². The summed E-state index contributed by atoms with van der Waals surface area (Å²) in [6, 6.07) is 17.9. The fraction of sp³-hybridized carbons (Fsp3) is 0.273. The summed E-state index contributed by atoms with van der Waals surface area (Å²) < 4.78 is 33.2. The molecule has 0 saturated carbocycles. The van der Waals surface area contributed by atoms with Crippen molar-refractivity contribution in [2.45, 2.75) is 18.2 Å². The van der Waals surface area contributed by atoms with Crippen molar-refractivity contribution < 1.29 is 13.2 Å². The first kappa shape index (κ1) is 20.3. The summed E-state index contributed by atoms with van der Waals surface area (Å²) >= 11 is 0. The molecule has 1 aromatic heterocycles. The maximum absolute atomic E-state index is 12.6. The molecule has 1 aliphatic heterocycles. The number of ether oxygens (including phenoxy) is 1. The first-order valence-electron chi connectivity index (χ1n) is 9.94. The summed E-state index contributed by atoms with van der Waals surface area (Å²) in [6.07, 6.45) is 0.867. The first-order chi connectivity index (χ1) is 14.5. The number of sulfonamides is 1. The van der Waals surface area contributed by atoms with Crippen LogP contribution in [-0.4, -0.2) is 44.9 Å². The van der Waals surface area contributed by atoms with Crippen LogP contribution in [0.4, 0.5) is 11.5 Å². The molecule has 0 radical (unpaired) electrons. The molecular formula is C22H24N4O3S. The van der Waals surface area contributed by atoms with E-state index in [0.717, 1.165) is 42.1 Å². The molecule has 30 heavy (non-hydrogen) atoms. The van der Waals surface area contributed by atoms with E-state index < -0.39 is 10.0 Å². The van der Waals surface area contributed by atoms with Gasteiger partial charge in [0.1, 0.15) is 0 Å². The minimum Gasteiger partial charge on any atom is -0.378 e. The predicted molar refractivity (Wildman–Crippen MR) is 117 cm³/mol. The molecule has 7 nitrogen and oxygen atoms in total. The number of hydrogen-bond acceptors (Lipinski definition) is 6. The maximum atomic E-state index is 12.6. The smallest absolute Gasteiger partial charge is 0.261 e. The van der Waals surface area contributed by atoms with E-state index in [-0.39, 0.29) is 4.90 Å². The lowest BCUT2D eigenvalue weighted by Gasteiger charge is -2.27. The van der Waals surface area contributed by atoms with Gasteiger partial charge in [0, 0.05) is 24.3 Å². The van der Waals surface area contributed by atoms with Gasteiger partial charge in [0.2, 0.25) is 0 Å². The van der Waals surface area contributed by atoms with Gasteiger partial charge in [-0.25, -0.2) is 8.42 Å². The van der Waals surface area contributed by atoms with E-state index >= 15 is 0 Å². The van der Waals surface area contributed by atoms with Crippen LogP contribution in [0.25, 0.3) is 11.3 Å². The summed E-state index contributed by atoms with van der Waals surface area (Å²) in [6.45, 7) is 5.05. The molecule has 0 aliphatic carbocycles. The van der Waals surface area contributed by atoms with Crippen molar-refractivity contribution in [3.8, 4) is 11.3 Å². The highest BCUT2D eigenvalue weighted by molar-refractivity contribution is 7.92. The fourth-order valence-electron chi connectivity index (χ4n) is 3.27. The Kier molecular flexibility index (Phi) is 5.96. The predicted octanol–water partition coefficient (Wildman–Crippen LogP) is 3.34. The largest absolute Gasteiger partial charge is 0.378 e. The highest BCUT2D eigenvalue weighted by Gasteiger charge is 2.15. The Morgan fingerprint density at radius 2 is 1.63 bits per heavy atom. The van der Waals surface area contributed by atoms with E-state index in [9.17, 15) is 8.42 Å². The van der Waals surface area contributed by atoms with Crippen LogP contribution in [0.15, 0.2) is 65.6 Å². The van der Waals surface area contributed by atoms with Crippen molar-refractivity contribution >= 4 is 21.5 Å². The quantitative estimate of drug-likeness (QED) is 0.653. The molecule has 0 unspecified atom stereocenters. The van der Waals surface area contributed by atoms with E-state index in [1.165, 1.54) is 0 Å². The number of aromatic nitrogens is 2. The summed E-state index contributed by atoms with van der Waals surface area (Å²) in [5.41, 5.74) is 3.19. The highest BCUT2D eigenvalue weighted by atomic mass is 32.2. The SMILES string of the molecule is CCc1ccc(S(=O)(=O)Nc2ccc(-c3ccc(N4CCOCC4)nn3)cc2)cc1. The van der Waals surface area contributed by atoms with E-state index in [2.05, 4.69) is 19.8 Å². The standard InChI is InChI=1S/C22H24N4O3S/c1-2-17-3-9-20(10-4-17)30(27,28)25-19-7-5-18(6-8-19)21-11-12-22(24-23-21)26-13-15-29-16-14-26/h3-12,25H,2,13-16H2,1H3. The monoisotopic (exact) mass is 424 g/mol. The number of benzene rings is 2. The zero-order valence-electron chi connectivity index (χ0n) is 16.8. The van der Waals surface area contributed by atoms with Crippen LogP contribution in [0.2, 0.25) is 0 Å². The van der Waals surface area contributed by atoms with Crippen molar-refractivity contribution in [2.75, 3.05) is 35.9 Å². The average Bonchev–Trinajstić information content (AvgIpc) is 2.80. The Balaban J connectivity index is 1.45. The van der Waals surface area contributed by atoms with Gasteiger partial charge in [0.15, 0.2) is 5.82 Å². The summed E-state index contributed by atoms with van der Waals surface area (Å²) in [5, 5.41) is 8.64. The molecule has 1 fully saturated rings. The first-order valence-corrected chi connectivity index (χ1v) is 11.4. The van der Waals surface area contributed by atoms with Crippen molar-refractivity contribution in [1.82, 2.24) is 10.2 Å². The Bertz CT molecular complexity index is 1080. The average molecular weight is 425 g/mol. The molecule has 156 valence electrons. The third-order valence-electron chi connectivity index (χ3n) is 5.06. The van der Waals surface area contributed by atoms with E-state index in [0.29, 0.717) is 18.9 Å². The molecule has 0 amide bonds. The van der Waals surface area contributed by atoms with Gasteiger partial charge in [-0.15, -0.1) is 10.2 Å². The van der Waals surface area contributed by atoms with Crippen LogP contribution in [0.3, 0.4) is 0 Å². The molecule has 0 atom stereocenters. The van der Waals surface area contributed by atoms with Gasteiger partial charge >= 0.3 is 0 Å². The Morgan fingerprint density at radius 3 is 2.23 bits per heavy atom. The number of anilines is 2. The molecule has 0 bridgehead atoms. The van der Waals surface area contributed by atoms with Crippen molar-refractivity contribution in [1.29, 1.82) is 0 Å². The minimum atomic E-state index is -3.63.